The van der Waals surface area contributed by atoms with E-state index in [4.69, 9.17) is 5.73 Å². The summed E-state index contributed by atoms with van der Waals surface area (Å²) in [6.07, 6.45) is 3.20. The molecule has 0 aliphatic carbocycles. The molecular weight excluding hydrogens is 259 g/mol. The molecule has 0 aliphatic rings. The molecule has 6 heteroatoms. The number of benzene rings is 1. The Morgan fingerprint density at radius 1 is 1.50 bits per heavy atom. The van der Waals surface area contributed by atoms with Gasteiger partial charge in [-0.05, 0) is 24.1 Å². The van der Waals surface area contributed by atoms with Crippen molar-refractivity contribution in [3.8, 4) is 0 Å². The molecule has 0 saturated heterocycles. The van der Waals surface area contributed by atoms with Crippen LogP contribution in [0.3, 0.4) is 0 Å². The fraction of sp³-hybridized carbons (Fsp3) is 0.286. The highest BCUT2D eigenvalue weighted by molar-refractivity contribution is 5.91. The van der Waals surface area contributed by atoms with Gasteiger partial charge in [-0.2, -0.15) is 0 Å². The van der Waals surface area contributed by atoms with E-state index in [1.165, 1.54) is 6.07 Å². The van der Waals surface area contributed by atoms with Crippen LogP contribution in [-0.2, 0) is 13.1 Å². The van der Waals surface area contributed by atoms with E-state index in [1.54, 1.807) is 36.1 Å². The Morgan fingerprint density at radius 3 is 3.00 bits per heavy atom. The smallest absolute Gasteiger partial charge is 0.271 e. The summed E-state index contributed by atoms with van der Waals surface area (Å²) in [6.45, 7) is 3.06. The number of aryl methyl sites for hydroxylation is 1. The number of aromatic nitrogens is 2. The maximum absolute atomic E-state index is 13.4. The lowest BCUT2D eigenvalue weighted by molar-refractivity contribution is 0.0946. The van der Waals surface area contributed by atoms with Crippen molar-refractivity contribution < 1.29 is 9.18 Å². The van der Waals surface area contributed by atoms with Crippen molar-refractivity contribution in [3.05, 3.63) is 53.4 Å². The van der Waals surface area contributed by atoms with E-state index in [0.717, 1.165) is 0 Å². The Kier molecular flexibility index (Phi) is 4.47. The molecule has 0 saturated carbocycles. The molecule has 0 fully saturated rings. The van der Waals surface area contributed by atoms with Gasteiger partial charge in [0, 0.05) is 25.8 Å². The van der Waals surface area contributed by atoms with Crippen LogP contribution in [0.25, 0.3) is 0 Å². The van der Waals surface area contributed by atoms with Crippen LogP contribution in [0.5, 0.6) is 0 Å². The van der Waals surface area contributed by atoms with E-state index >= 15 is 0 Å². The maximum atomic E-state index is 13.4. The molecule has 1 aromatic carbocycles. The number of rotatable bonds is 5. The first-order valence-electron chi connectivity index (χ1n) is 6.35. The predicted octanol–water partition coefficient (Wildman–Crippen LogP) is 1.22. The molecule has 0 atom stereocenters. The zero-order chi connectivity index (χ0) is 14.5. The van der Waals surface area contributed by atoms with Crippen LogP contribution in [0.1, 0.15) is 21.6 Å². The molecule has 106 valence electrons. The second-order valence-corrected chi connectivity index (χ2v) is 4.55. The summed E-state index contributed by atoms with van der Waals surface area (Å²) in [6, 6.07) is 4.89. The second kappa shape index (κ2) is 6.29. The summed E-state index contributed by atoms with van der Waals surface area (Å²) in [5, 5.41) is 2.70. The van der Waals surface area contributed by atoms with Gasteiger partial charge in [0.2, 0.25) is 0 Å². The van der Waals surface area contributed by atoms with Gasteiger partial charge in [0.25, 0.3) is 5.91 Å². The molecule has 1 amide bonds. The Hall–Kier alpha value is -2.21. The second-order valence-electron chi connectivity index (χ2n) is 4.55. The number of hydrogen-bond donors (Lipinski definition) is 2. The Labute approximate surface area is 116 Å². The van der Waals surface area contributed by atoms with Gasteiger partial charge in [0.15, 0.2) is 0 Å². The summed E-state index contributed by atoms with van der Waals surface area (Å²) < 4.78 is 15.1. The molecule has 2 aromatic rings. The number of carbonyl (C=O) groups is 1. The number of nitrogens with zero attached hydrogens (tertiary/aromatic N) is 2. The summed E-state index contributed by atoms with van der Waals surface area (Å²) in [7, 11) is 0. The predicted molar refractivity (Wildman–Crippen MR) is 73.6 cm³/mol. The van der Waals surface area contributed by atoms with Crippen molar-refractivity contribution in [2.75, 3.05) is 6.54 Å². The number of halogens is 1. The lowest BCUT2D eigenvalue weighted by atomic mass is 10.1. The third kappa shape index (κ3) is 3.42. The molecule has 0 unspecified atom stereocenters. The van der Waals surface area contributed by atoms with E-state index in [-0.39, 0.29) is 18.3 Å². The van der Waals surface area contributed by atoms with E-state index in [2.05, 4.69) is 10.3 Å². The molecule has 0 radical (unpaired) electrons. The minimum atomic E-state index is -0.290. The highest BCUT2D eigenvalue weighted by Crippen LogP contribution is 2.09. The third-order valence-electron chi connectivity index (χ3n) is 2.94. The average molecular weight is 276 g/mol. The lowest BCUT2D eigenvalue weighted by Gasteiger charge is -2.05. The number of nitrogens with one attached hydrogen (secondary N) is 1. The molecule has 0 aliphatic heterocycles. The maximum Gasteiger partial charge on any atom is 0.271 e. The van der Waals surface area contributed by atoms with Crippen LogP contribution < -0.4 is 11.1 Å². The molecule has 1 heterocycles. The summed E-state index contributed by atoms with van der Waals surface area (Å²) >= 11 is 0. The van der Waals surface area contributed by atoms with E-state index < -0.39 is 0 Å². The fourth-order valence-corrected chi connectivity index (χ4v) is 1.77. The number of hydrogen-bond acceptors (Lipinski definition) is 3. The number of carbonyl (C=O) groups excluding carboxylic acids is 1. The summed E-state index contributed by atoms with van der Waals surface area (Å²) in [5.41, 5.74) is 7.04. The van der Waals surface area contributed by atoms with Crippen LogP contribution >= 0.6 is 0 Å². The van der Waals surface area contributed by atoms with Gasteiger partial charge in [-0.15, -0.1) is 0 Å². The van der Waals surface area contributed by atoms with Gasteiger partial charge in [0.05, 0.1) is 6.33 Å². The van der Waals surface area contributed by atoms with Gasteiger partial charge >= 0.3 is 0 Å². The SMILES string of the molecule is Cc1ccc(CNC(=O)c2cn(CCN)cn2)cc1F. The summed E-state index contributed by atoms with van der Waals surface area (Å²) in [4.78, 5) is 15.9. The van der Waals surface area contributed by atoms with Gasteiger partial charge in [-0.25, -0.2) is 9.37 Å². The quantitative estimate of drug-likeness (QED) is 0.862. The third-order valence-corrected chi connectivity index (χ3v) is 2.94. The standard InChI is InChI=1S/C14H17FN4O/c1-10-2-3-11(6-12(10)15)7-17-14(20)13-8-19(5-4-16)9-18-13/h2-3,6,8-9H,4-5,7,16H2,1H3,(H,17,20). The molecule has 5 nitrogen and oxygen atoms in total. The molecule has 0 spiro atoms. The first-order valence-corrected chi connectivity index (χ1v) is 6.35. The van der Waals surface area contributed by atoms with Crippen molar-refractivity contribution >= 4 is 5.91 Å². The van der Waals surface area contributed by atoms with Gasteiger partial charge in [-0.3, -0.25) is 4.79 Å². The minimum Gasteiger partial charge on any atom is -0.347 e. The molecular formula is C14H17FN4O. The van der Waals surface area contributed by atoms with Crippen LogP contribution in [0.4, 0.5) is 4.39 Å². The van der Waals surface area contributed by atoms with E-state index in [1.807, 2.05) is 0 Å². The van der Waals surface area contributed by atoms with Gasteiger partial charge in [0.1, 0.15) is 11.5 Å². The van der Waals surface area contributed by atoms with Crippen molar-refractivity contribution in [1.82, 2.24) is 14.9 Å². The highest BCUT2D eigenvalue weighted by atomic mass is 19.1. The molecule has 1 aromatic heterocycles. The van der Waals surface area contributed by atoms with Crippen molar-refractivity contribution in [2.24, 2.45) is 5.73 Å². The van der Waals surface area contributed by atoms with Crippen molar-refractivity contribution in [2.45, 2.75) is 20.0 Å². The zero-order valence-electron chi connectivity index (χ0n) is 11.3. The normalized spacial score (nSPS) is 10.6. The molecule has 2 rings (SSSR count). The van der Waals surface area contributed by atoms with Crippen LogP contribution in [0, 0.1) is 12.7 Å². The van der Waals surface area contributed by atoms with Crippen LogP contribution in [0.15, 0.2) is 30.7 Å². The van der Waals surface area contributed by atoms with Crippen LogP contribution in [-0.4, -0.2) is 22.0 Å². The molecule has 0 bridgehead atoms. The fourth-order valence-electron chi connectivity index (χ4n) is 1.77. The monoisotopic (exact) mass is 276 g/mol. The van der Waals surface area contributed by atoms with Crippen LogP contribution in [0.2, 0.25) is 0 Å². The van der Waals surface area contributed by atoms with Crippen molar-refractivity contribution in [3.63, 3.8) is 0 Å². The first-order chi connectivity index (χ1) is 9.60. The van der Waals surface area contributed by atoms with E-state index in [9.17, 15) is 9.18 Å². The first kappa shape index (κ1) is 14.2. The minimum absolute atomic E-state index is 0.264. The van der Waals surface area contributed by atoms with Gasteiger partial charge in [-0.1, -0.05) is 12.1 Å². The topological polar surface area (TPSA) is 72.9 Å². The zero-order valence-corrected chi connectivity index (χ0v) is 11.3. The largest absolute Gasteiger partial charge is 0.347 e. The lowest BCUT2D eigenvalue weighted by Crippen LogP contribution is -2.23. The molecule has 20 heavy (non-hydrogen) atoms. The number of amides is 1. The number of nitrogens with two attached hydrogens (primary N) is 1. The Balaban J connectivity index is 1.95. The van der Waals surface area contributed by atoms with E-state index in [0.29, 0.717) is 29.9 Å². The summed E-state index contributed by atoms with van der Waals surface area (Å²) in [5.74, 6) is -0.564. The van der Waals surface area contributed by atoms with Gasteiger partial charge < -0.3 is 15.6 Å². The molecule has 3 N–H and O–H groups in total. The Bertz CT molecular complexity index is 609. The average Bonchev–Trinajstić information content (AvgIpc) is 2.89. The van der Waals surface area contributed by atoms with Crippen molar-refractivity contribution in [1.29, 1.82) is 0 Å². The Morgan fingerprint density at radius 2 is 2.30 bits per heavy atom. The number of imidazole rings is 1. The highest BCUT2D eigenvalue weighted by Gasteiger charge is 2.09.